The van der Waals surface area contributed by atoms with Gasteiger partial charge in [-0.15, -0.1) is 11.3 Å². The first-order valence-corrected chi connectivity index (χ1v) is 6.38. The van der Waals surface area contributed by atoms with Crippen molar-refractivity contribution in [3.05, 3.63) is 40.6 Å². The molecule has 0 fully saturated rings. The van der Waals surface area contributed by atoms with Gasteiger partial charge in [0.1, 0.15) is 0 Å². The van der Waals surface area contributed by atoms with Gasteiger partial charge < -0.3 is 10.4 Å². The number of carboxylic acids is 1. The molecule has 0 saturated heterocycles. The summed E-state index contributed by atoms with van der Waals surface area (Å²) in [4.78, 5) is 19.1. The second-order valence-electron chi connectivity index (χ2n) is 3.86. The quantitative estimate of drug-likeness (QED) is 0.866. The second kappa shape index (κ2) is 5.59. The summed E-state index contributed by atoms with van der Waals surface area (Å²) in [6.45, 7) is 2.67. The zero-order valence-corrected chi connectivity index (χ0v) is 10.6. The van der Waals surface area contributed by atoms with Crippen LogP contribution in [0.25, 0.3) is 0 Å². The van der Waals surface area contributed by atoms with Gasteiger partial charge in [0.2, 0.25) is 0 Å². The van der Waals surface area contributed by atoms with Gasteiger partial charge in [0, 0.05) is 30.2 Å². The van der Waals surface area contributed by atoms with E-state index in [0.717, 1.165) is 5.01 Å². The number of nitrogens with one attached hydrogen (secondary N) is 1. The van der Waals surface area contributed by atoms with Crippen LogP contribution in [-0.2, 0) is 0 Å². The minimum atomic E-state index is -1.03. The van der Waals surface area contributed by atoms with Crippen LogP contribution in [0, 0.1) is 0 Å². The van der Waals surface area contributed by atoms with Crippen LogP contribution >= 0.6 is 11.3 Å². The van der Waals surface area contributed by atoms with Crippen molar-refractivity contribution in [1.82, 2.24) is 9.97 Å². The third-order valence-electron chi connectivity index (χ3n) is 2.48. The molecule has 0 spiro atoms. The maximum Gasteiger partial charge on any atom is 0.356 e. The summed E-state index contributed by atoms with van der Waals surface area (Å²) in [6, 6.07) is 3.42. The predicted octanol–water partition coefficient (Wildman–Crippen LogP) is 2.45. The Bertz CT molecular complexity index is 528. The first-order valence-electron chi connectivity index (χ1n) is 5.50. The second-order valence-corrected chi connectivity index (χ2v) is 4.78. The molecule has 0 aliphatic rings. The summed E-state index contributed by atoms with van der Waals surface area (Å²) in [6.07, 6.45) is 3.24. The van der Waals surface area contributed by atoms with Gasteiger partial charge >= 0.3 is 5.97 Å². The zero-order chi connectivity index (χ0) is 13.0. The summed E-state index contributed by atoms with van der Waals surface area (Å²) in [7, 11) is 0. The van der Waals surface area contributed by atoms with Gasteiger partial charge in [-0.1, -0.05) is 6.92 Å². The largest absolute Gasteiger partial charge is 0.476 e. The van der Waals surface area contributed by atoms with Crippen LogP contribution in [0.4, 0.5) is 5.69 Å². The molecule has 2 N–H and O–H groups in total. The first kappa shape index (κ1) is 12.5. The van der Waals surface area contributed by atoms with Crippen LogP contribution in [-0.4, -0.2) is 27.6 Å². The number of pyridine rings is 1. The highest BCUT2D eigenvalue weighted by Crippen LogP contribution is 2.19. The molecule has 5 nitrogen and oxygen atoms in total. The summed E-state index contributed by atoms with van der Waals surface area (Å²) in [5, 5.41) is 15.1. The third kappa shape index (κ3) is 2.84. The van der Waals surface area contributed by atoms with Crippen molar-refractivity contribution in [3.8, 4) is 0 Å². The molecule has 0 bridgehead atoms. The molecule has 2 aromatic heterocycles. The van der Waals surface area contributed by atoms with E-state index in [4.69, 9.17) is 5.11 Å². The molecule has 0 saturated carbocycles. The Labute approximate surface area is 109 Å². The fourth-order valence-electron chi connectivity index (χ4n) is 1.55. The van der Waals surface area contributed by atoms with E-state index in [9.17, 15) is 4.79 Å². The summed E-state index contributed by atoms with van der Waals surface area (Å²) >= 11 is 1.59. The Morgan fingerprint density at radius 1 is 1.50 bits per heavy atom. The molecular weight excluding hydrogens is 250 g/mol. The van der Waals surface area contributed by atoms with Crippen molar-refractivity contribution in [2.45, 2.75) is 12.8 Å². The number of aromatic carboxylic acids is 1. The Morgan fingerprint density at radius 2 is 2.33 bits per heavy atom. The Balaban J connectivity index is 2.04. The van der Waals surface area contributed by atoms with E-state index in [1.54, 1.807) is 29.7 Å². The normalized spacial score (nSPS) is 12.1. The number of rotatable bonds is 5. The van der Waals surface area contributed by atoms with Crippen molar-refractivity contribution >= 4 is 23.0 Å². The lowest BCUT2D eigenvalue weighted by Gasteiger charge is -2.12. The Hall–Kier alpha value is -1.95. The molecule has 2 heterocycles. The van der Waals surface area contributed by atoms with Gasteiger partial charge in [-0.3, -0.25) is 0 Å². The highest BCUT2D eigenvalue weighted by Gasteiger charge is 2.13. The number of anilines is 1. The van der Waals surface area contributed by atoms with E-state index in [2.05, 4.69) is 15.3 Å². The van der Waals surface area contributed by atoms with E-state index >= 15 is 0 Å². The molecule has 2 aromatic rings. The van der Waals surface area contributed by atoms with Crippen LogP contribution in [0.2, 0.25) is 0 Å². The lowest BCUT2D eigenvalue weighted by Crippen LogP contribution is -2.13. The van der Waals surface area contributed by atoms with Crippen LogP contribution in [0.3, 0.4) is 0 Å². The Morgan fingerprint density at radius 3 is 3.00 bits per heavy atom. The topological polar surface area (TPSA) is 75.1 Å². The molecule has 94 valence electrons. The molecule has 1 unspecified atom stereocenters. The van der Waals surface area contributed by atoms with E-state index in [0.29, 0.717) is 12.2 Å². The van der Waals surface area contributed by atoms with Gasteiger partial charge in [0.05, 0.1) is 10.7 Å². The molecule has 6 heteroatoms. The van der Waals surface area contributed by atoms with Crippen LogP contribution in [0.1, 0.15) is 28.3 Å². The molecule has 18 heavy (non-hydrogen) atoms. The van der Waals surface area contributed by atoms with E-state index < -0.39 is 5.97 Å². The van der Waals surface area contributed by atoms with Crippen LogP contribution in [0.15, 0.2) is 29.9 Å². The van der Waals surface area contributed by atoms with Gasteiger partial charge in [-0.25, -0.2) is 14.8 Å². The number of carbonyl (C=O) groups is 1. The number of thiazole rings is 1. The van der Waals surface area contributed by atoms with Crippen molar-refractivity contribution in [2.75, 3.05) is 11.9 Å². The maximum absolute atomic E-state index is 11.0. The number of aromatic nitrogens is 2. The molecule has 0 amide bonds. The highest BCUT2D eigenvalue weighted by atomic mass is 32.1. The number of hydrogen-bond donors (Lipinski definition) is 2. The van der Waals surface area contributed by atoms with E-state index in [-0.39, 0.29) is 11.6 Å². The molecule has 0 radical (unpaired) electrons. The molecule has 0 aliphatic heterocycles. The highest BCUT2D eigenvalue weighted by molar-refractivity contribution is 7.09. The zero-order valence-electron chi connectivity index (χ0n) is 9.83. The van der Waals surface area contributed by atoms with Crippen LogP contribution < -0.4 is 5.32 Å². The predicted molar refractivity (Wildman–Crippen MR) is 70.2 cm³/mol. The Kier molecular flexibility index (Phi) is 3.88. The van der Waals surface area contributed by atoms with Crippen LogP contribution in [0.5, 0.6) is 0 Å². The minimum Gasteiger partial charge on any atom is -0.476 e. The van der Waals surface area contributed by atoms with Crippen molar-refractivity contribution in [2.24, 2.45) is 0 Å². The SMILES string of the molecule is CC(CNc1cccnc1C(=O)O)c1nccs1. The average molecular weight is 263 g/mol. The van der Waals surface area contributed by atoms with Gasteiger partial charge in [0.15, 0.2) is 5.69 Å². The van der Waals surface area contributed by atoms with Gasteiger partial charge in [0.25, 0.3) is 0 Å². The first-order chi connectivity index (χ1) is 8.68. The lowest BCUT2D eigenvalue weighted by atomic mass is 10.2. The molecule has 0 aromatic carbocycles. The van der Waals surface area contributed by atoms with Gasteiger partial charge in [-0.2, -0.15) is 0 Å². The fraction of sp³-hybridized carbons (Fsp3) is 0.250. The average Bonchev–Trinajstić information content (AvgIpc) is 2.90. The van der Waals surface area contributed by atoms with Crippen molar-refractivity contribution in [3.63, 3.8) is 0 Å². The minimum absolute atomic E-state index is 0.0452. The summed E-state index contributed by atoms with van der Waals surface area (Å²) in [5.41, 5.74) is 0.581. The molecule has 2 rings (SSSR count). The third-order valence-corrected chi connectivity index (χ3v) is 3.49. The molecular formula is C12H13N3O2S. The van der Waals surface area contributed by atoms with E-state index in [1.165, 1.54) is 6.20 Å². The molecule has 1 atom stereocenters. The van der Waals surface area contributed by atoms with Gasteiger partial charge in [-0.05, 0) is 12.1 Å². The fourth-order valence-corrected chi connectivity index (χ4v) is 2.25. The number of carboxylic acid groups (broad SMARTS) is 1. The monoisotopic (exact) mass is 263 g/mol. The number of hydrogen-bond acceptors (Lipinski definition) is 5. The maximum atomic E-state index is 11.0. The lowest BCUT2D eigenvalue weighted by molar-refractivity contribution is 0.0691. The number of nitrogens with zero attached hydrogens (tertiary/aromatic N) is 2. The van der Waals surface area contributed by atoms with Crippen molar-refractivity contribution in [1.29, 1.82) is 0 Å². The standard InChI is InChI=1S/C12H13N3O2S/c1-8(11-14-5-6-18-11)7-15-9-3-2-4-13-10(9)12(16)17/h2-6,8,15H,7H2,1H3,(H,16,17). The van der Waals surface area contributed by atoms with E-state index in [1.807, 2.05) is 12.3 Å². The smallest absolute Gasteiger partial charge is 0.356 e. The summed E-state index contributed by atoms with van der Waals surface area (Å²) in [5.74, 6) is -0.799. The summed E-state index contributed by atoms with van der Waals surface area (Å²) < 4.78 is 0. The van der Waals surface area contributed by atoms with Crippen molar-refractivity contribution < 1.29 is 9.90 Å². The molecule has 0 aliphatic carbocycles.